The summed E-state index contributed by atoms with van der Waals surface area (Å²) in [4.78, 5) is 2.28. The van der Waals surface area contributed by atoms with Crippen LogP contribution in [0.15, 0.2) is 109 Å². The lowest BCUT2D eigenvalue weighted by atomic mass is 10.0. The van der Waals surface area contributed by atoms with Gasteiger partial charge in [-0.2, -0.15) is 0 Å². The summed E-state index contributed by atoms with van der Waals surface area (Å²) in [6, 6.07) is 38.1. The Bertz CT molecular complexity index is 1020. The van der Waals surface area contributed by atoms with Crippen molar-refractivity contribution in [3.63, 3.8) is 0 Å². The van der Waals surface area contributed by atoms with Crippen LogP contribution in [0, 0.1) is 0 Å². The highest BCUT2D eigenvalue weighted by molar-refractivity contribution is 5.79. The van der Waals surface area contributed by atoms with Crippen LogP contribution < -0.4 is 10.2 Å². The summed E-state index contributed by atoms with van der Waals surface area (Å²) in [6.45, 7) is 4.45. The molecule has 2 heteroatoms. The molecule has 0 aliphatic heterocycles. The lowest BCUT2D eigenvalue weighted by Gasteiger charge is -2.26. The number of nitrogens with zero attached hydrogens (tertiary/aromatic N) is 1. The van der Waals surface area contributed by atoms with Gasteiger partial charge >= 0.3 is 0 Å². The van der Waals surface area contributed by atoms with Crippen LogP contribution >= 0.6 is 0 Å². The molecule has 0 saturated carbocycles. The smallest absolute Gasteiger partial charge is 0.0482 e. The van der Waals surface area contributed by atoms with Gasteiger partial charge in [-0.3, -0.25) is 0 Å². The van der Waals surface area contributed by atoms with Crippen molar-refractivity contribution in [3.8, 4) is 0 Å². The van der Waals surface area contributed by atoms with Gasteiger partial charge in [0.1, 0.15) is 0 Å². The van der Waals surface area contributed by atoms with Crippen molar-refractivity contribution in [2.45, 2.75) is 19.8 Å². The van der Waals surface area contributed by atoms with E-state index in [9.17, 15) is 0 Å². The molecule has 0 saturated heterocycles. The Kier molecular flexibility index (Phi) is 5.62. The van der Waals surface area contributed by atoms with E-state index in [1.54, 1.807) is 0 Å². The monoisotopic (exact) mass is 378 g/mol. The van der Waals surface area contributed by atoms with E-state index in [2.05, 4.69) is 121 Å². The molecule has 0 spiro atoms. The molecular weight excluding hydrogens is 352 g/mol. The third-order valence-electron chi connectivity index (χ3n) is 4.99. The van der Waals surface area contributed by atoms with Crippen LogP contribution in [0.2, 0.25) is 0 Å². The molecule has 0 amide bonds. The van der Waals surface area contributed by atoms with Crippen LogP contribution in [-0.2, 0) is 0 Å². The summed E-state index contributed by atoms with van der Waals surface area (Å²) in [5, 5.41) is 3.63. The molecule has 4 aromatic carbocycles. The van der Waals surface area contributed by atoms with E-state index in [-0.39, 0.29) is 0 Å². The van der Waals surface area contributed by atoms with Crippen LogP contribution in [0.4, 0.5) is 28.4 Å². The number of para-hydroxylation sites is 3. The summed E-state index contributed by atoms with van der Waals surface area (Å²) in [5.41, 5.74) is 6.95. The first-order valence-corrected chi connectivity index (χ1v) is 10.1. The molecule has 4 aromatic rings. The molecule has 0 aromatic heterocycles. The maximum absolute atomic E-state index is 3.63. The van der Waals surface area contributed by atoms with Gasteiger partial charge < -0.3 is 10.2 Å². The normalized spacial score (nSPS) is 10.7. The van der Waals surface area contributed by atoms with Gasteiger partial charge in [-0.05, 0) is 60.0 Å². The number of benzene rings is 4. The van der Waals surface area contributed by atoms with E-state index >= 15 is 0 Å². The molecule has 0 aliphatic rings. The topological polar surface area (TPSA) is 15.3 Å². The molecule has 144 valence electrons. The molecule has 0 radical (unpaired) electrons. The Morgan fingerprint density at radius 3 is 1.76 bits per heavy atom. The Balaban J connectivity index is 1.73. The molecule has 0 atom stereocenters. The van der Waals surface area contributed by atoms with Gasteiger partial charge in [0, 0.05) is 28.4 Å². The molecular formula is C27H26N2. The molecule has 0 unspecified atom stereocenters. The minimum Gasteiger partial charge on any atom is -0.355 e. The molecule has 4 rings (SSSR count). The van der Waals surface area contributed by atoms with Gasteiger partial charge in [-0.25, -0.2) is 0 Å². The minimum absolute atomic E-state index is 0.465. The van der Waals surface area contributed by atoms with E-state index < -0.39 is 0 Å². The summed E-state index contributed by atoms with van der Waals surface area (Å²) in [5.74, 6) is 0.465. The fourth-order valence-electron chi connectivity index (χ4n) is 3.59. The van der Waals surface area contributed by atoms with Crippen LogP contribution in [0.3, 0.4) is 0 Å². The van der Waals surface area contributed by atoms with Crippen LogP contribution in [-0.4, -0.2) is 0 Å². The molecule has 1 N–H and O–H groups in total. The summed E-state index contributed by atoms with van der Waals surface area (Å²) < 4.78 is 0. The van der Waals surface area contributed by atoms with E-state index in [1.807, 2.05) is 12.1 Å². The number of hydrogen-bond donors (Lipinski definition) is 1. The van der Waals surface area contributed by atoms with Gasteiger partial charge in [0.25, 0.3) is 0 Å². The van der Waals surface area contributed by atoms with Gasteiger partial charge in [-0.15, -0.1) is 0 Å². The second-order valence-corrected chi connectivity index (χ2v) is 7.42. The van der Waals surface area contributed by atoms with Crippen LogP contribution in [0.1, 0.15) is 25.3 Å². The predicted octanol–water partition coefficient (Wildman–Crippen LogP) is 8.02. The predicted molar refractivity (Wildman–Crippen MR) is 125 cm³/mol. The van der Waals surface area contributed by atoms with Crippen LogP contribution in [0.5, 0.6) is 0 Å². The van der Waals surface area contributed by atoms with Crippen molar-refractivity contribution in [1.82, 2.24) is 0 Å². The molecule has 0 bridgehead atoms. The van der Waals surface area contributed by atoms with Gasteiger partial charge in [-0.1, -0.05) is 74.5 Å². The maximum Gasteiger partial charge on any atom is 0.0482 e. The average Bonchev–Trinajstić information content (AvgIpc) is 2.76. The van der Waals surface area contributed by atoms with Crippen molar-refractivity contribution in [2.75, 3.05) is 10.2 Å². The van der Waals surface area contributed by atoms with E-state index in [4.69, 9.17) is 0 Å². The SMILES string of the molecule is CC(C)c1ccccc1Nc1cccc(N(c2ccccc2)c2ccccc2)c1. The van der Waals surface area contributed by atoms with Crippen molar-refractivity contribution >= 4 is 28.4 Å². The van der Waals surface area contributed by atoms with E-state index in [0.717, 1.165) is 28.4 Å². The van der Waals surface area contributed by atoms with Crippen LogP contribution in [0.25, 0.3) is 0 Å². The van der Waals surface area contributed by atoms with E-state index in [0.29, 0.717) is 5.92 Å². The largest absolute Gasteiger partial charge is 0.355 e. The Labute approximate surface area is 173 Å². The lowest BCUT2D eigenvalue weighted by molar-refractivity contribution is 0.869. The Morgan fingerprint density at radius 2 is 1.14 bits per heavy atom. The van der Waals surface area contributed by atoms with Gasteiger partial charge in [0.15, 0.2) is 0 Å². The molecule has 0 fully saturated rings. The van der Waals surface area contributed by atoms with Crippen molar-refractivity contribution in [1.29, 1.82) is 0 Å². The zero-order chi connectivity index (χ0) is 20.1. The Morgan fingerprint density at radius 1 is 0.586 bits per heavy atom. The molecule has 0 aliphatic carbocycles. The lowest BCUT2D eigenvalue weighted by Crippen LogP contribution is -2.10. The fourth-order valence-corrected chi connectivity index (χ4v) is 3.59. The molecule has 0 heterocycles. The number of hydrogen-bond acceptors (Lipinski definition) is 2. The number of nitrogens with one attached hydrogen (secondary N) is 1. The number of anilines is 5. The minimum atomic E-state index is 0.465. The second kappa shape index (κ2) is 8.66. The third-order valence-corrected chi connectivity index (χ3v) is 4.99. The molecule has 2 nitrogen and oxygen atoms in total. The highest BCUT2D eigenvalue weighted by atomic mass is 15.1. The Hall–Kier alpha value is -3.52. The first-order chi connectivity index (χ1) is 14.2. The summed E-state index contributed by atoms with van der Waals surface area (Å²) in [7, 11) is 0. The first kappa shape index (κ1) is 18.8. The molecule has 29 heavy (non-hydrogen) atoms. The van der Waals surface area contributed by atoms with E-state index in [1.165, 1.54) is 5.56 Å². The highest BCUT2D eigenvalue weighted by Gasteiger charge is 2.13. The zero-order valence-corrected chi connectivity index (χ0v) is 16.9. The quantitative estimate of drug-likeness (QED) is 0.365. The second-order valence-electron chi connectivity index (χ2n) is 7.42. The van der Waals surface area contributed by atoms with Crippen molar-refractivity contribution in [2.24, 2.45) is 0 Å². The zero-order valence-electron chi connectivity index (χ0n) is 16.9. The summed E-state index contributed by atoms with van der Waals surface area (Å²) >= 11 is 0. The van der Waals surface area contributed by atoms with Gasteiger partial charge in [0.2, 0.25) is 0 Å². The standard InChI is InChI=1S/C27H26N2/c1-21(2)26-18-9-10-19-27(26)28-22-12-11-17-25(20-22)29(23-13-5-3-6-14-23)24-15-7-4-8-16-24/h3-21,28H,1-2H3. The number of rotatable bonds is 6. The highest BCUT2D eigenvalue weighted by Crippen LogP contribution is 2.36. The van der Waals surface area contributed by atoms with Crippen molar-refractivity contribution in [3.05, 3.63) is 115 Å². The first-order valence-electron chi connectivity index (χ1n) is 10.1. The summed E-state index contributed by atoms with van der Waals surface area (Å²) in [6.07, 6.45) is 0. The maximum atomic E-state index is 3.63. The van der Waals surface area contributed by atoms with Crippen molar-refractivity contribution < 1.29 is 0 Å². The van der Waals surface area contributed by atoms with Gasteiger partial charge in [0.05, 0.1) is 0 Å². The third kappa shape index (κ3) is 4.33. The average molecular weight is 379 g/mol. The fraction of sp³-hybridized carbons (Fsp3) is 0.111.